The molecule has 1 amide bonds. The second-order valence-corrected chi connectivity index (χ2v) is 5.25. The zero-order chi connectivity index (χ0) is 18.0. The molecule has 3 rings (SSSR count). The molecule has 0 aliphatic heterocycles. The van der Waals surface area contributed by atoms with E-state index < -0.39 is 17.6 Å². The summed E-state index contributed by atoms with van der Waals surface area (Å²) in [5, 5.41) is 6.21. The van der Waals surface area contributed by atoms with E-state index in [1.807, 2.05) is 0 Å². The van der Waals surface area contributed by atoms with Gasteiger partial charge in [-0.3, -0.25) is 4.79 Å². The van der Waals surface area contributed by atoms with E-state index in [2.05, 4.69) is 15.5 Å². The lowest BCUT2D eigenvalue weighted by atomic mass is 10.1. The van der Waals surface area contributed by atoms with Crippen molar-refractivity contribution in [2.24, 2.45) is 0 Å². The zero-order valence-corrected chi connectivity index (χ0v) is 13.0. The molecule has 0 saturated carbocycles. The van der Waals surface area contributed by atoms with Crippen LogP contribution in [0.5, 0.6) is 0 Å². The van der Waals surface area contributed by atoms with Crippen molar-refractivity contribution in [3.63, 3.8) is 0 Å². The van der Waals surface area contributed by atoms with Gasteiger partial charge in [0.1, 0.15) is 0 Å². The Morgan fingerprint density at radius 1 is 1.12 bits per heavy atom. The van der Waals surface area contributed by atoms with E-state index in [4.69, 9.17) is 4.52 Å². The number of hydrogen-bond donors (Lipinski definition) is 1. The van der Waals surface area contributed by atoms with Crippen molar-refractivity contribution in [2.45, 2.75) is 13.1 Å². The molecular formula is C17H12F3N3O2. The molecule has 0 unspecified atom stereocenters. The minimum absolute atomic E-state index is 0.0673. The Morgan fingerprint density at radius 3 is 2.44 bits per heavy atom. The van der Waals surface area contributed by atoms with Crippen LogP contribution in [-0.2, 0) is 6.18 Å². The third-order valence-electron chi connectivity index (χ3n) is 3.38. The average Bonchev–Trinajstić information content (AvgIpc) is 3.01. The van der Waals surface area contributed by atoms with Gasteiger partial charge in [0.25, 0.3) is 5.91 Å². The van der Waals surface area contributed by atoms with E-state index in [-0.39, 0.29) is 5.69 Å². The Balaban J connectivity index is 1.75. The SMILES string of the molecule is Cc1nc(-c2ccc(C(=O)Nc3cccc(C(F)(F)F)c3)cc2)no1. The maximum Gasteiger partial charge on any atom is 0.416 e. The van der Waals surface area contributed by atoms with Gasteiger partial charge in [0.05, 0.1) is 5.56 Å². The van der Waals surface area contributed by atoms with Crippen molar-refractivity contribution >= 4 is 11.6 Å². The van der Waals surface area contributed by atoms with Crippen LogP contribution in [-0.4, -0.2) is 16.0 Å². The molecule has 3 aromatic rings. The highest BCUT2D eigenvalue weighted by atomic mass is 19.4. The minimum Gasteiger partial charge on any atom is -0.339 e. The Bertz CT molecular complexity index is 902. The van der Waals surface area contributed by atoms with E-state index >= 15 is 0 Å². The summed E-state index contributed by atoms with van der Waals surface area (Å²) in [6, 6.07) is 10.8. The van der Waals surface area contributed by atoms with Crippen LogP contribution in [0.4, 0.5) is 18.9 Å². The zero-order valence-electron chi connectivity index (χ0n) is 13.0. The van der Waals surface area contributed by atoms with Crippen molar-refractivity contribution in [3.8, 4) is 11.4 Å². The van der Waals surface area contributed by atoms with Crippen molar-refractivity contribution in [1.29, 1.82) is 0 Å². The molecule has 0 spiro atoms. The van der Waals surface area contributed by atoms with Gasteiger partial charge in [-0.15, -0.1) is 0 Å². The molecule has 2 aromatic carbocycles. The quantitative estimate of drug-likeness (QED) is 0.766. The second-order valence-electron chi connectivity index (χ2n) is 5.25. The standard InChI is InChI=1S/C17H12F3N3O2/c1-10-21-15(23-25-10)11-5-7-12(8-6-11)16(24)22-14-4-2-3-13(9-14)17(18,19)20/h2-9H,1H3,(H,22,24). The summed E-state index contributed by atoms with van der Waals surface area (Å²) >= 11 is 0. The average molecular weight is 347 g/mol. The first-order valence-electron chi connectivity index (χ1n) is 7.22. The van der Waals surface area contributed by atoms with Crippen LogP contribution in [0.25, 0.3) is 11.4 Å². The van der Waals surface area contributed by atoms with E-state index in [0.29, 0.717) is 22.8 Å². The monoisotopic (exact) mass is 347 g/mol. The molecule has 128 valence electrons. The number of nitrogens with one attached hydrogen (secondary N) is 1. The lowest BCUT2D eigenvalue weighted by Gasteiger charge is -2.10. The van der Waals surface area contributed by atoms with E-state index in [9.17, 15) is 18.0 Å². The van der Waals surface area contributed by atoms with Gasteiger partial charge < -0.3 is 9.84 Å². The lowest BCUT2D eigenvalue weighted by Crippen LogP contribution is -2.13. The Hall–Kier alpha value is -3.16. The van der Waals surface area contributed by atoms with Crippen LogP contribution < -0.4 is 5.32 Å². The third kappa shape index (κ3) is 3.85. The normalized spacial score (nSPS) is 11.4. The maximum atomic E-state index is 12.7. The van der Waals surface area contributed by atoms with Crippen LogP contribution in [0, 0.1) is 6.92 Å². The summed E-state index contributed by atoms with van der Waals surface area (Å²) in [4.78, 5) is 16.3. The summed E-state index contributed by atoms with van der Waals surface area (Å²) < 4.78 is 43.0. The number of anilines is 1. The highest BCUT2D eigenvalue weighted by Gasteiger charge is 2.30. The Morgan fingerprint density at radius 2 is 1.84 bits per heavy atom. The second kappa shape index (κ2) is 6.39. The highest BCUT2D eigenvalue weighted by molar-refractivity contribution is 6.04. The third-order valence-corrected chi connectivity index (χ3v) is 3.38. The van der Waals surface area contributed by atoms with Crippen molar-refractivity contribution in [3.05, 3.63) is 65.5 Å². The number of rotatable bonds is 3. The van der Waals surface area contributed by atoms with Crippen LogP contribution in [0.15, 0.2) is 53.1 Å². The number of amides is 1. The lowest BCUT2D eigenvalue weighted by molar-refractivity contribution is -0.137. The van der Waals surface area contributed by atoms with Crippen LogP contribution in [0.3, 0.4) is 0 Å². The number of carbonyl (C=O) groups is 1. The molecule has 1 aromatic heterocycles. The molecular weight excluding hydrogens is 335 g/mol. The molecule has 1 N–H and O–H groups in total. The van der Waals surface area contributed by atoms with E-state index in [0.717, 1.165) is 12.1 Å². The van der Waals surface area contributed by atoms with Crippen molar-refractivity contribution in [1.82, 2.24) is 10.1 Å². The van der Waals surface area contributed by atoms with Crippen LogP contribution in [0.1, 0.15) is 21.8 Å². The number of aryl methyl sites for hydroxylation is 1. The number of carbonyl (C=O) groups excluding carboxylic acids is 1. The Labute approximate surface area is 140 Å². The number of benzene rings is 2. The topological polar surface area (TPSA) is 68.0 Å². The smallest absolute Gasteiger partial charge is 0.339 e. The molecule has 1 heterocycles. The number of aromatic nitrogens is 2. The molecule has 0 aliphatic rings. The summed E-state index contributed by atoms with van der Waals surface area (Å²) in [5.74, 6) is 0.291. The molecule has 0 radical (unpaired) electrons. The first-order chi connectivity index (χ1) is 11.8. The molecule has 25 heavy (non-hydrogen) atoms. The summed E-state index contributed by atoms with van der Waals surface area (Å²) in [6.07, 6.45) is -4.47. The van der Waals surface area contributed by atoms with Gasteiger partial charge in [0.15, 0.2) is 0 Å². The largest absolute Gasteiger partial charge is 0.416 e. The number of alkyl halides is 3. The molecule has 0 saturated heterocycles. The molecule has 0 bridgehead atoms. The number of halogens is 3. The van der Waals surface area contributed by atoms with Gasteiger partial charge in [-0.2, -0.15) is 18.2 Å². The fourth-order valence-electron chi connectivity index (χ4n) is 2.16. The van der Waals surface area contributed by atoms with Crippen LogP contribution in [0.2, 0.25) is 0 Å². The Kier molecular flexibility index (Phi) is 4.26. The first kappa shape index (κ1) is 16.7. The summed E-state index contributed by atoms with van der Waals surface area (Å²) in [6.45, 7) is 1.66. The fourth-order valence-corrected chi connectivity index (χ4v) is 2.16. The minimum atomic E-state index is -4.47. The fraction of sp³-hybridized carbons (Fsp3) is 0.118. The van der Waals surface area contributed by atoms with Crippen LogP contribution >= 0.6 is 0 Å². The highest BCUT2D eigenvalue weighted by Crippen LogP contribution is 2.30. The predicted molar refractivity (Wildman–Crippen MR) is 83.9 cm³/mol. The molecule has 0 aliphatic carbocycles. The predicted octanol–water partition coefficient (Wildman–Crippen LogP) is 4.32. The molecule has 0 fully saturated rings. The number of hydrogen-bond acceptors (Lipinski definition) is 4. The summed E-state index contributed by atoms with van der Waals surface area (Å²) in [5.41, 5.74) is 0.194. The molecule has 5 nitrogen and oxygen atoms in total. The van der Waals surface area contributed by atoms with Gasteiger partial charge in [-0.25, -0.2) is 0 Å². The van der Waals surface area contributed by atoms with E-state index in [1.54, 1.807) is 19.1 Å². The van der Waals surface area contributed by atoms with Gasteiger partial charge in [-0.1, -0.05) is 23.4 Å². The molecule has 0 atom stereocenters. The van der Waals surface area contributed by atoms with Gasteiger partial charge >= 0.3 is 6.18 Å². The number of nitrogens with zero attached hydrogens (tertiary/aromatic N) is 2. The van der Waals surface area contributed by atoms with Crippen molar-refractivity contribution < 1.29 is 22.5 Å². The van der Waals surface area contributed by atoms with E-state index in [1.165, 1.54) is 24.3 Å². The maximum absolute atomic E-state index is 12.7. The van der Waals surface area contributed by atoms with Gasteiger partial charge in [0.2, 0.25) is 11.7 Å². The molecule has 8 heteroatoms. The summed E-state index contributed by atoms with van der Waals surface area (Å²) in [7, 11) is 0. The van der Waals surface area contributed by atoms with Crippen molar-refractivity contribution in [2.75, 3.05) is 5.32 Å². The van der Waals surface area contributed by atoms with Gasteiger partial charge in [0, 0.05) is 23.7 Å². The van der Waals surface area contributed by atoms with Gasteiger partial charge in [-0.05, 0) is 30.3 Å². The first-order valence-corrected chi connectivity index (χ1v) is 7.22.